The number of piperidine rings is 1. The lowest BCUT2D eigenvalue weighted by Gasteiger charge is -2.34. The third kappa shape index (κ3) is 3.71. The van der Waals surface area contributed by atoms with Crippen molar-refractivity contribution in [2.45, 2.75) is 25.5 Å². The maximum Gasteiger partial charge on any atom is 0.241 e. The molecule has 3 aromatic heterocycles. The van der Waals surface area contributed by atoms with Crippen LogP contribution in [0.2, 0.25) is 0 Å². The van der Waals surface area contributed by atoms with Crippen molar-refractivity contribution in [1.29, 1.82) is 0 Å². The molecular formula is C18H22N6O3S. The Morgan fingerprint density at radius 1 is 1.25 bits per heavy atom. The number of anilines is 1. The standard InChI is InChI=1S/C18H22N6O3S/c1-12-5-7-19-15(9-12)16-4-3-13-10-20-18(22-24(13)16)21-14-6-8-23(11-17(14)25)28(2,26)27/h3-5,7,9-10,14,17,25H,6,8,11H2,1-2H3,(H,21,22)/t14-,17-/m1/s1. The van der Waals surface area contributed by atoms with Crippen LogP contribution in [0.1, 0.15) is 12.0 Å². The first-order valence-corrected chi connectivity index (χ1v) is 10.8. The van der Waals surface area contributed by atoms with Gasteiger partial charge in [0.2, 0.25) is 16.0 Å². The first kappa shape index (κ1) is 18.8. The van der Waals surface area contributed by atoms with E-state index in [1.807, 2.05) is 31.2 Å². The van der Waals surface area contributed by atoms with Crippen molar-refractivity contribution in [3.63, 3.8) is 0 Å². The van der Waals surface area contributed by atoms with E-state index in [2.05, 4.69) is 20.4 Å². The lowest BCUT2D eigenvalue weighted by molar-refractivity contribution is 0.0950. The summed E-state index contributed by atoms with van der Waals surface area (Å²) in [5.74, 6) is 0.370. The number of nitrogens with zero attached hydrogens (tertiary/aromatic N) is 5. The van der Waals surface area contributed by atoms with Gasteiger partial charge in [0.25, 0.3) is 0 Å². The van der Waals surface area contributed by atoms with Crippen molar-refractivity contribution < 1.29 is 13.5 Å². The zero-order valence-corrected chi connectivity index (χ0v) is 16.5. The van der Waals surface area contributed by atoms with Crippen LogP contribution in [0.4, 0.5) is 5.95 Å². The average Bonchev–Trinajstić information content (AvgIpc) is 3.06. The second kappa shape index (κ2) is 7.12. The predicted octanol–water partition coefficient (Wildman–Crippen LogP) is 0.906. The number of hydrogen-bond donors (Lipinski definition) is 2. The Bertz CT molecular complexity index is 1110. The normalized spacial score (nSPS) is 21.1. The van der Waals surface area contributed by atoms with Gasteiger partial charge in [0, 0.05) is 19.3 Å². The first-order chi connectivity index (χ1) is 13.3. The molecule has 2 atom stereocenters. The van der Waals surface area contributed by atoms with Crippen LogP contribution in [0.3, 0.4) is 0 Å². The van der Waals surface area contributed by atoms with Gasteiger partial charge >= 0.3 is 0 Å². The van der Waals surface area contributed by atoms with E-state index >= 15 is 0 Å². The van der Waals surface area contributed by atoms with E-state index in [9.17, 15) is 13.5 Å². The van der Waals surface area contributed by atoms with Gasteiger partial charge in [-0.25, -0.2) is 17.9 Å². The van der Waals surface area contributed by atoms with Crippen molar-refractivity contribution in [3.05, 3.63) is 42.2 Å². The SMILES string of the molecule is Cc1ccnc(-c2ccc3cnc(N[C@@H]4CCN(S(C)(=O)=O)C[C@H]4O)nn23)c1. The molecule has 1 fully saturated rings. The monoisotopic (exact) mass is 402 g/mol. The van der Waals surface area contributed by atoms with Crippen LogP contribution in [0.5, 0.6) is 0 Å². The fourth-order valence-electron chi connectivity index (χ4n) is 3.38. The Kier molecular flexibility index (Phi) is 4.77. The molecule has 0 unspecified atom stereocenters. The molecule has 9 nitrogen and oxygen atoms in total. The highest BCUT2D eigenvalue weighted by Gasteiger charge is 2.32. The van der Waals surface area contributed by atoms with E-state index in [1.54, 1.807) is 16.9 Å². The minimum absolute atomic E-state index is 0.0563. The smallest absolute Gasteiger partial charge is 0.241 e. The molecule has 0 saturated carbocycles. The molecular weight excluding hydrogens is 380 g/mol. The lowest BCUT2D eigenvalue weighted by Crippen LogP contribution is -2.51. The second-order valence-electron chi connectivity index (χ2n) is 7.08. The number of fused-ring (bicyclic) bond motifs is 1. The van der Waals surface area contributed by atoms with Crippen LogP contribution in [0.25, 0.3) is 16.9 Å². The molecule has 0 radical (unpaired) electrons. The summed E-state index contributed by atoms with van der Waals surface area (Å²) in [4.78, 5) is 8.74. The second-order valence-corrected chi connectivity index (χ2v) is 9.07. The van der Waals surface area contributed by atoms with Crippen LogP contribution in [0, 0.1) is 6.92 Å². The highest BCUT2D eigenvalue weighted by molar-refractivity contribution is 7.88. The molecule has 0 amide bonds. The summed E-state index contributed by atoms with van der Waals surface area (Å²) in [6.07, 6.45) is 4.24. The molecule has 1 aliphatic rings. The lowest BCUT2D eigenvalue weighted by atomic mass is 10.0. The Morgan fingerprint density at radius 2 is 2.07 bits per heavy atom. The van der Waals surface area contributed by atoms with Gasteiger partial charge in [-0.15, -0.1) is 5.10 Å². The van der Waals surface area contributed by atoms with E-state index < -0.39 is 16.1 Å². The van der Waals surface area contributed by atoms with Gasteiger partial charge in [0.05, 0.1) is 41.5 Å². The minimum Gasteiger partial charge on any atom is -0.390 e. The van der Waals surface area contributed by atoms with E-state index in [4.69, 9.17) is 0 Å². The highest BCUT2D eigenvalue weighted by Crippen LogP contribution is 2.22. The Morgan fingerprint density at radius 3 is 2.79 bits per heavy atom. The molecule has 1 saturated heterocycles. The van der Waals surface area contributed by atoms with Crippen LogP contribution in [-0.2, 0) is 10.0 Å². The van der Waals surface area contributed by atoms with Crippen molar-refractivity contribution in [2.24, 2.45) is 0 Å². The number of aryl methyl sites for hydroxylation is 1. The van der Waals surface area contributed by atoms with Crippen LogP contribution < -0.4 is 5.32 Å². The quantitative estimate of drug-likeness (QED) is 0.667. The van der Waals surface area contributed by atoms with Gasteiger partial charge in [-0.2, -0.15) is 4.31 Å². The van der Waals surface area contributed by atoms with Crippen molar-refractivity contribution >= 4 is 21.5 Å². The van der Waals surface area contributed by atoms with Gasteiger partial charge < -0.3 is 10.4 Å². The van der Waals surface area contributed by atoms with Crippen LogP contribution in [0.15, 0.2) is 36.7 Å². The predicted molar refractivity (Wildman–Crippen MR) is 105 cm³/mol. The zero-order chi connectivity index (χ0) is 19.9. The number of aromatic nitrogens is 4. The molecule has 4 rings (SSSR count). The summed E-state index contributed by atoms with van der Waals surface area (Å²) >= 11 is 0. The molecule has 1 aliphatic heterocycles. The highest BCUT2D eigenvalue weighted by atomic mass is 32.2. The summed E-state index contributed by atoms with van der Waals surface area (Å²) in [5.41, 5.74) is 3.59. The number of β-amino-alcohol motifs (C(OH)–C–C–N with tert-alkyl or cyclic N) is 1. The maximum absolute atomic E-state index is 11.7. The first-order valence-electron chi connectivity index (χ1n) is 8.99. The van der Waals surface area contributed by atoms with Crippen LogP contribution >= 0.6 is 0 Å². The summed E-state index contributed by atoms with van der Waals surface area (Å²) in [5, 5.41) is 18.0. The number of pyridine rings is 1. The summed E-state index contributed by atoms with van der Waals surface area (Å²) in [7, 11) is -3.31. The van der Waals surface area contributed by atoms with Gasteiger partial charge in [-0.3, -0.25) is 4.98 Å². The molecule has 4 heterocycles. The summed E-state index contributed by atoms with van der Waals surface area (Å²) in [6.45, 7) is 2.41. The van der Waals surface area contributed by atoms with E-state index in [0.717, 1.165) is 28.7 Å². The summed E-state index contributed by atoms with van der Waals surface area (Å²) < 4.78 is 26.4. The largest absolute Gasteiger partial charge is 0.390 e. The van der Waals surface area contributed by atoms with Gasteiger partial charge in [0.15, 0.2) is 0 Å². The fourth-order valence-corrected chi connectivity index (χ4v) is 4.24. The number of aliphatic hydroxyl groups is 1. The van der Waals surface area contributed by atoms with E-state index in [1.165, 1.54) is 4.31 Å². The number of sulfonamides is 1. The van der Waals surface area contributed by atoms with Gasteiger partial charge in [-0.05, 0) is 43.2 Å². The van der Waals surface area contributed by atoms with Crippen molar-refractivity contribution in [1.82, 2.24) is 23.9 Å². The third-order valence-corrected chi connectivity index (χ3v) is 6.17. The molecule has 148 valence electrons. The number of aliphatic hydroxyl groups excluding tert-OH is 1. The molecule has 28 heavy (non-hydrogen) atoms. The van der Waals surface area contributed by atoms with Crippen LogP contribution in [-0.4, -0.2) is 68.9 Å². The molecule has 3 aromatic rings. The molecule has 0 aliphatic carbocycles. The minimum atomic E-state index is -3.31. The van der Waals surface area contributed by atoms with Crippen molar-refractivity contribution in [2.75, 3.05) is 24.7 Å². The zero-order valence-electron chi connectivity index (χ0n) is 15.6. The molecule has 0 aromatic carbocycles. The van der Waals surface area contributed by atoms with E-state index in [0.29, 0.717) is 18.9 Å². The van der Waals surface area contributed by atoms with Crippen molar-refractivity contribution in [3.8, 4) is 11.4 Å². The Hall–Kier alpha value is -2.56. The fraction of sp³-hybridized carbons (Fsp3) is 0.389. The molecule has 0 spiro atoms. The Labute approximate surface area is 163 Å². The third-order valence-electron chi connectivity index (χ3n) is 4.90. The number of rotatable bonds is 4. The van der Waals surface area contributed by atoms with Gasteiger partial charge in [-0.1, -0.05) is 0 Å². The van der Waals surface area contributed by atoms with Gasteiger partial charge in [0.1, 0.15) is 0 Å². The number of nitrogens with one attached hydrogen (secondary N) is 1. The number of hydrogen-bond acceptors (Lipinski definition) is 7. The molecule has 2 N–H and O–H groups in total. The average molecular weight is 402 g/mol. The Balaban J connectivity index is 1.58. The summed E-state index contributed by atoms with van der Waals surface area (Å²) in [6, 6.07) is 7.46. The van der Waals surface area contributed by atoms with E-state index in [-0.39, 0.29) is 12.6 Å². The maximum atomic E-state index is 11.7. The topological polar surface area (TPSA) is 113 Å². The molecule has 0 bridgehead atoms. The molecule has 10 heteroatoms.